The molecule has 0 amide bonds. The lowest BCUT2D eigenvalue weighted by Gasteiger charge is -2.32. The number of carbonyl (C=O) groups excluding carboxylic acids is 1. The van der Waals surface area contributed by atoms with Gasteiger partial charge < -0.3 is 9.64 Å². The van der Waals surface area contributed by atoms with Gasteiger partial charge in [-0.25, -0.2) is 0 Å². The Morgan fingerprint density at radius 3 is 2.94 bits per heavy atom. The van der Waals surface area contributed by atoms with Crippen LogP contribution in [0.5, 0.6) is 0 Å². The highest BCUT2D eigenvalue weighted by Gasteiger charge is 2.56. The Labute approximate surface area is 115 Å². The maximum Gasteiger partial charge on any atom is 0.309 e. The zero-order valence-corrected chi connectivity index (χ0v) is 11.6. The summed E-state index contributed by atoms with van der Waals surface area (Å²) in [6.07, 6.45) is 0.414. The van der Waals surface area contributed by atoms with E-state index in [0.29, 0.717) is 6.42 Å². The molecule has 0 spiro atoms. The Kier molecular flexibility index (Phi) is 2.83. The molecule has 3 nitrogen and oxygen atoms in total. The van der Waals surface area contributed by atoms with Gasteiger partial charge in [0, 0.05) is 6.54 Å². The van der Waals surface area contributed by atoms with E-state index in [1.807, 2.05) is 18.2 Å². The summed E-state index contributed by atoms with van der Waals surface area (Å²) in [5, 5.41) is 0. The third kappa shape index (κ3) is 1.82. The van der Waals surface area contributed by atoms with Crippen LogP contribution in [0.4, 0.5) is 0 Å². The molecule has 5 heteroatoms. The Bertz CT molecular complexity index is 505. The molecule has 0 unspecified atom stereocenters. The van der Waals surface area contributed by atoms with Crippen molar-refractivity contribution >= 4 is 34.3 Å². The number of fused-ring (bicyclic) bond motifs is 1. The van der Waals surface area contributed by atoms with E-state index in [1.165, 1.54) is 17.3 Å². The number of nitrogens with zero attached hydrogens (tertiary/aromatic N) is 1. The molecule has 2 aliphatic heterocycles. The van der Waals surface area contributed by atoms with Crippen molar-refractivity contribution in [2.24, 2.45) is 0 Å². The van der Waals surface area contributed by atoms with Gasteiger partial charge in [-0.05, 0) is 24.2 Å². The van der Waals surface area contributed by atoms with E-state index in [-0.39, 0.29) is 16.9 Å². The van der Waals surface area contributed by atoms with Crippen molar-refractivity contribution in [1.29, 1.82) is 0 Å². The van der Waals surface area contributed by atoms with Crippen LogP contribution in [-0.4, -0.2) is 26.2 Å². The Morgan fingerprint density at radius 2 is 2.22 bits per heavy atom. The number of rotatable bonds is 2. The fourth-order valence-corrected chi connectivity index (χ4v) is 4.15. The van der Waals surface area contributed by atoms with E-state index >= 15 is 0 Å². The molecule has 2 aliphatic rings. The first-order valence-electron chi connectivity index (χ1n) is 5.81. The van der Waals surface area contributed by atoms with Gasteiger partial charge >= 0.3 is 5.97 Å². The monoisotopic (exact) mass is 279 g/mol. The largest absolute Gasteiger partial charge is 0.448 e. The molecule has 1 aromatic carbocycles. The van der Waals surface area contributed by atoms with E-state index in [9.17, 15) is 4.79 Å². The summed E-state index contributed by atoms with van der Waals surface area (Å²) in [4.78, 5) is 13.6. The van der Waals surface area contributed by atoms with Crippen molar-refractivity contribution in [1.82, 2.24) is 4.90 Å². The molecule has 94 valence electrons. The SMILES string of the molecule is C[C@]12CC(=O)O[C@H]1SC(=S)N2Cc1ccccc1. The molecule has 0 radical (unpaired) electrons. The first-order chi connectivity index (χ1) is 8.59. The van der Waals surface area contributed by atoms with Crippen LogP contribution >= 0.6 is 24.0 Å². The summed E-state index contributed by atoms with van der Waals surface area (Å²) in [6, 6.07) is 10.2. The average Bonchev–Trinajstić information content (AvgIpc) is 2.73. The summed E-state index contributed by atoms with van der Waals surface area (Å²) in [7, 11) is 0. The number of hydrogen-bond acceptors (Lipinski definition) is 4. The second-order valence-corrected chi connectivity index (χ2v) is 6.51. The van der Waals surface area contributed by atoms with Gasteiger partial charge in [0.2, 0.25) is 0 Å². The minimum atomic E-state index is -0.297. The van der Waals surface area contributed by atoms with Crippen molar-refractivity contribution in [2.45, 2.75) is 30.9 Å². The van der Waals surface area contributed by atoms with Gasteiger partial charge in [-0.2, -0.15) is 0 Å². The molecule has 0 bridgehead atoms. The third-order valence-electron chi connectivity index (χ3n) is 3.48. The van der Waals surface area contributed by atoms with Gasteiger partial charge in [0.05, 0.1) is 12.0 Å². The average molecular weight is 279 g/mol. The van der Waals surface area contributed by atoms with Crippen LogP contribution in [0.2, 0.25) is 0 Å². The van der Waals surface area contributed by atoms with Gasteiger partial charge in [-0.3, -0.25) is 4.79 Å². The molecule has 18 heavy (non-hydrogen) atoms. The number of thioether (sulfide) groups is 1. The standard InChI is InChI=1S/C13H13NO2S2/c1-13-7-10(15)16-11(13)18-12(17)14(13)8-9-5-3-2-4-6-9/h2-6,11H,7-8H2,1H3/t11-,13-/m0/s1. The van der Waals surface area contributed by atoms with E-state index in [4.69, 9.17) is 17.0 Å². The van der Waals surface area contributed by atoms with Crippen LogP contribution in [0.1, 0.15) is 18.9 Å². The predicted molar refractivity (Wildman–Crippen MR) is 75.1 cm³/mol. The van der Waals surface area contributed by atoms with Crippen LogP contribution in [0, 0.1) is 0 Å². The number of carbonyl (C=O) groups is 1. The Balaban J connectivity index is 1.87. The highest BCUT2D eigenvalue weighted by atomic mass is 32.2. The van der Waals surface area contributed by atoms with Gasteiger partial charge in [-0.15, -0.1) is 0 Å². The minimum absolute atomic E-state index is 0.129. The zero-order valence-electron chi connectivity index (χ0n) is 9.96. The van der Waals surface area contributed by atoms with Crippen LogP contribution in [0.25, 0.3) is 0 Å². The van der Waals surface area contributed by atoms with Gasteiger partial charge in [0.25, 0.3) is 0 Å². The highest BCUT2D eigenvalue weighted by molar-refractivity contribution is 8.23. The summed E-state index contributed by atoms with van der Waals surface area (Å²) < 4.78 is 6.14. The molecule has 0 N–H and O–H groups in total. The number of benzene rings is 1. The molecule has 0 aromatic heterocycles. The topological polar surface area (TPSA) is 29.5 Å². The highest BCUT2D eigenvalue weighted by Crippen LogP contribution is 2.47. The Morgan fingerprint density at radius 1 is 1.50 bits per heavy atom. The molecule has 1 aromatic rings. The smallest absolute Gasteiger partial charge is 0.309 e. The molecule has 0 saturated carbocycles. The first kappa shape index (κ1) is 12.0. The van der Waals surface area contributed by atoms with Crippen LogP contribution in [-0.2, 0) is 16.1 Å². The normalized spacial score (nSPS) is 30.5. The van der Waals surface area contributed by atoms with E-state index in [2.05, 4.69) is 24.0 Å². The van der Waals surface area contributed by atoms with Crippen molar-refractivity contribution in [3.63, 3.8) is 0 Å². The maximum absolute atomic E-state index is 11.5. The lowest BCUT2D eigenvalue weighted by molar-refractivity contribution is -0.138. The third-order valence-corrected chi connectivity index (χ3v) is 5.23. The number of hydrogen-bond donors (Lipinski definition) is 0. The van der Waals surface area contributed by atoms with E-state index in [1.54, 1.807) is 0 Å². The summed E-state index contributed by atoms with van der Waals surface area (Å²) in [6.45, 7) is 2.79. The molecule has 3 rings (SSSR count). The van der Waals surface area contributed by atoms with Crippen LogP contribution < -0.4 is 0 Å². The Hall–Kier alpha value is -1.07. The number of thiocarbonyl (C=S) groups is 1. The fourth-order valence-electron chi connectivity index (χ4n) is 2.41. The minimum Gasteiger partial charge on any atom is -0.448 e. The molecular formula is C13H13NO2S2. The predicted octanol–water partition coefficient (Wildman–Crippen LogP) is 2.55. The lowest BCUT2D eigenvalue weighted by Crippen LogP contribution is -2.45. The van der Waals surface area contributed by atoms with Crippen molar-refractivity contribution in [2.75, 3.05) is 0 Å². The van der Waals surface area contributed by atoms with Gasteiger partial charge in [0.1, 0.15) is 4.32 Å². The van der Waals surface area contributed by atoms with E-state index < -0.39 is 0 Å². The second kappa shape index (κ2) is 4.24. The maximum atomic E-state index is 11.5. The van der Waals surface area contributed by atoms with Gasteiger partial charge in [-0.1, -0.05) is 42.5 Å². The molecule has 2 saturated heterocycles. The molecule has 2 fully saturated rings. The second-order valence-electron chi connectivity index (χ2n) is 4.81. The number of esters is 1. The molecule has 0 aliphatic carbocycles. The number of ether oxygens (including phenoxy) is 1. The summed E-state index contributed by atoms with van der Waals surface area (Å²) in [5.41, 5.74) is 0.747. The quantitative estimate of drug-likeness (QED) is 0.613. The molecular weight excluding hydrogens is 266 g/mol. The fraction of sp³-hybridized carbons (Fsp3) is 0.385. The van der Waals surface area contributed by atoms with Crippen LogP contribution in [0.15, 0.2) is 30.3 Å². The van der Waals surface area contributed by atoms with Crippen LogP contribution in [0.3, 0.4) is 0 Å². The first-order valence-corrected chi connectivity index (χ1v) is 7.10. The zero-order chi connectivity index (χ0) is 12.8. The van der Waals surface area contributed by atoms with Crippen molar-refractivity contribution in [3.8, 4) is 0 Å². The lowest BCUT2D eigenvalue weighted by atomic mass is 9.98. The summed E-state index contributed by atoms with van der Waals surface area (Å²) >= 11 is 6.88. The van der Waals surface area contributed by atoms with E-state index in [0.717, 1.165) is 10.9 Å². The molecule has 2 heterocycles. The van der Waals surface area contributed by atoms with Crippen molar-refractivity contribution in [3.05, 3.63) is 35.9 Å². The van der Waals surface area contributed by atoms with Gasteiger partial charge in [0.15, 0.2) is 5.44 Å². The summed E-state index contributed by atoms with van der Waals surface area (Å²) in [5.74, 6) is -0.129. The van der Waals surface area contributed by atoms with Crippen molar-refractivity contribution < 1.29 is 9.53 Å². The molecule has 2 atom stereocenters.